The Bertz CT molecular complexity index is 1540. The fourth-order valence-electron chi connectivity index (χ4n) is 3.60. The normalized spacial score (nSPS) is 11.6. The number of nitrogens with zero attached hydrogens (tertiary/aromatic N) is 4. The molecular weight excluding hydrogens is 533 g/mol. The van der Waals surface area contributed by atoms with Crippen LogP contribution in [0.2, 0.25) is 10.2 Å². The van der Waals surface area contributed by atoms with Crippen LogP contribution < -0.4 is 9.73 Å². The number of carbonyl (C=O) groups excluding carboxylic acids is 1. The third-order valence-corrected chi connectivity index (χ3v) is 7.21. The van der Waals surface area contributed by atoms with E-state index in [0.29, 0.717) is 21.8 Å². The minimum atomic E-state index is -3.57. The number of hydrogen-bond donors (Lipinski definition) is 1. The van der Waals surface area contributed by atoms with Crippen LogP contribution in [-0.2, 0) is 16.6 Å². The van der Waals surface area contributed by atoms with Gasteiger partial charge < -0.3 is 0 Å². The summed E-state index contributed by atoms with van der Waals surface area (Å²) in [5.41, 5.74) is 6.16. The van der Waals surface area contributed by atoms with Crippen molar-refractivity contribution in [3.05, 3.63) is 111 Å². The Morgan fingerprint density at radius 1 is 1.03 bits per heavy atom. The van der Waals surface area contributed by atoms with E-state index in [0.717, 1.165) is 23.2 Å². The minimum absolute atomic E-state index is 0.128. The summed E-state index contributed by atoms with van der Waals surface area (Å²) in [7, 11) is -3.57. The van der Waals surface area contributed by atoms with E-state index in [4.69, 9.17) is 23.2 Å². The minimum Gasteiger partial charge on any atom is -0.267 e. The zero-order valence-corrected chi connectivity index (χ0v) is 22.3. The number of anilines is 1. The molecule has 0 fully saturated rings. The first-order valence-electron chi connectivity index (χ1n) is 11.1. The van der Waals surface area contributed by atoms with Gasteiger partial charge in [-0.25, -0.2) is 18.5 Å². The van der Waals surface area contributed by atoms with Crippen LogP contribution in [0.1, 0.15) is 27.2 Å². The molecule has 1 amide bonds. The lowest BCUT2D eigenvalue weighted by molar-refractivity contribution is 0.0955. The third-order valence-electron chi connectivity index (χ3n) is 5.54. The quantitative estimate of drug-likeness (QED) is 0.238. The molecule has 1 aromatic heterocycles. The Kier molecular flexibility index (Phi) is 7.97. The molecule has 4 aromatic rings. The van der Waals surface area contributed by atoms with Gasteiger partial charge in [0.25, 0.3) is 5.91 Å². The van der Waals surface area contributed by atoms with Crippen molar-refractivity contribution in [2.24, 2.45) is 5.10 Å². The van der Waals surface area contributed by atoms with Crippen LogP contribution in [0.15, 0.2) is 84.0 Å². The number of rotatable bonds is 8. The van der Waals surface area contributed by atoms with E-state index in [1.165, 1.54) is 22.7 Å². The summed E-state index contributed by atoms with van der Waals surface area (Å²) in [4.78, 5) is 12.6. The Morgan fingerprint density at radius 2 is 1.68 bits per heavy atom. The standard InChI is InChI=1S/C26H23Cl2N5O3S/c1-18-24(25(28)31-33(18)23-6-4-3-5-7-23)16-29-30-26(34)20-10-14-22(15-11-20)32(37(2,35)36)17-19-8-12-21(27)13-9-19/h3-16H,17H2,1-2H3,(H,30,34)/b29-16-. The van der Waals surface area contributed by atoms with E-state index in [1.807, 2.05) is 37.3 Å². The number of hydrogen-bond acceptors (Lipinski definition) is 5. The van der Waals surface area contributed by atoms with Crippen LogP contribution in [0.3, 0.4) is 0 Å². The van der Waals surface area contributed by atoms with Crippen molar-refractivity contribution in [2.75, 3.05) is 10.6 Å². The number of sulfonamides is 1. The molecule has 0 spiro atoms. The van der Waals surface area contributed by atoms with Gasteiger partial charge in [0.1, 0.15) is 0 Å². The SMILES string of the molecule is Cc1c(/C=N\NC(=O)c2ccc(N(Cc3ccc(Cl)cc3)S(C)(=O)=O)cc2)c(Cl)nn1-c1ccccc1. The maximum absolute atomic E-state index is 12.6. The van der Waals surface area contributed by atoms with Crippen molar-refractivity contribution >= 4 is 51.0 Å². The molecular formula is C26H23Cl2N5O3S. The fraction of sp³-hybridized carbons (Fsp3) is 0.115. The Hall–Kier alpha value is -3.66. The monoisotopic (exact) mass is 555 g/mol. The Labute approximate surface area is 225 Å². The lowest BCUT2D eigenvalue weighted by atomic mass is 10.2. The molecule has 0 unspecified atom stereocenters. The van der Waals surface area contributed by atoms with Crippen LogP contribution in [-0.4, -0.2) is 36.6 Å². The largest absolute Gasteiger partial charge is 0.271 e. The summed E-state index contributed by atoms with van der Waals surface area (Å²) >= 11 is 12.2. The van der Waals surface area contributed by atoms with Crippen molar-refractivity contribution in [3.63, 3.8) is 0 Å². The lowest BCUT2D eigenvalue weighted by Gasteiger charge is -2.22. The predicted molar refractivity (Wildman–Crippen MR) is 147 cm³/mol. The Morgan fingerprint density at radius 3 is 2.30 bits per heavy atom. The summed E-state index contributed by atoms with van der Waals surface area (Å²) in [5, 5.41) is 9.18. The molecule has 1 heterocycles. The second kappa shape index (κ2) is 11.2. The highest BCUT2D eigenvalue weighted by molar-refractivity contribution is 7.92. The van der Waals surface area contributed by atoms with Gasteiger partial charge in [0.2, 0.25) is 10.0 Å². The second-order valence-electron chi connectivity index (χ2n) is 8.18. The molecule has 0 bridgehead atoms. The summed E-state index contributed by atoms with van der Waals surface area (Å²) in [5.74, 6) is -0.462. The average Bonchev–Trinajstić information content (AvgIpc) is 3.16. The average molecular weight is 556 g/mol. The van der Waals surface area contributed by atoms with Gasteiger partial charge in [0.15, 0.2) is 5.15 Å². The molecule has 0 radical (unpaired) electrons. The molecule has 4 rings (SSSR count). The van der Waals surface area contributed by atoms with Crippen molar-refractivity contribution in [3.8, 4) is 5.69 Å². The summed E-state index contributed by atoms with van der Waals surface area (Å²) in [6.07, 6.45) is 2.57. The van der Waals surface area contributed by atoms with Gasteiger partial charge >= 0.3 is 0 Å². The van der Waals surface area contributed by atoms with Gasteiger partial charge in [-0.1, -0.05) is 53.5 Å². The summed E-state index contributed by atoms with van der Waals surface area (Å²) < 4.78 is 27.8. The van der Waals surface area contributed by atoms with Gasteiger partial charge in [0.05, 0.1) is 41.6 Å². The van der Waals surface area contributed by atoms with E-state index >= 15 is 0 Å². The number of halogens is 2. The lowest BCUT2D eigenvalue weighted by Crippen LogP contribution is -2.29. The molecule has 3 aromatic carbocycles. The van der Waals surface area contributed by atoms with E-state index < -0.39 is 15.9 Å². The molecule has 1 N–H and O–H groups in total. The number of hydrazone groups is 1. The molecule has 0 aliphatic heterocycles. The third kappa shape index (κ3) is 6.37. The number of aromatic nitrogens is 2. The first-order chi connectivity index (χ1) is 17.6. The first-order valence-corrected chi connectivity index (χ1v) is 13.7. The molecule has 190 valence electrons. The zero-order valence-electron chi connectivity index (χ0n) is 20.0. The van der Waals surface area contributed by atoms with Crippen molar-refractivity contribution < 1.29 is 13.2 Å². The van der Waals surface area contributed by atoms with Gasteiger partial charge in [-0.3, -0.25) is 9.10 Å². The Balaban J connectivity index is 1.46. The number of carbonyl (C=O) groups is 1. The van der Waals surface area contributed by atoms with Crippen molar-refractivity contribution in [2.45, 2.75) is 13.5 Å². The smallest absolute Gasteiger partial charge is 0.267 e. The summed E-state index contributed by atoms with van der Waals surface area (Å²) in [6, 6.07) is 22.7. The van der Waals surface area contributed by atoms with Gasteiger partial charge in [-0.05, 0) is 61.0 Å². The molecule has 37 heavy (non-hydrogen) atoms. The van der Waals surface area contributed by atoms with Crippen LogP contribution in [0.5, 0.6) is 0 Å². The van der Waals surface area contributed by atoms with Crippen LogP contribution >= 0.6 is 23.2 Å². The maximum atomic E-state index is 12.6. The highest BCUT2D eigenvalue weighted by Crippen LogP contribution is 2.23. The summed E-state index contributed by atoms with van der Waals surface area (Å²) in [6.45, 7) is 1.98. The molecule has 0 saturated heterocycles. The molecule has 0 saturated carbocycles. The molecule has 0 atom stereocenters. The molecule has 8 nitrogen and oxygen atoms in total. The molecule has 11 heteroatoms. The molecule has 0 aliphatic carbocycles. The maximum Gasteiger partial charge on any atom is 0.271 e. The highest BCUT2D eigenvalue weighted by atomic mass is 35.5. The van der Waals surface area contributed by atoms with E-state index in [9.17, 15) is 13.2 Å². The van der Waals surface area contributed by atoms with Gasteiger partial charge in [0, 0.05) is 10.6 Å². The second-order valence-corrected chi connectivity index (χ2v) is 10.9. The number of nitrogens with one attached hydrogen (secondary N) is 1. The van der Waals surface area contributed by atoms with Crippen LogP contribution in [0.25, 0.3) is 5.69 Å². The van der Waals surface area contributed by atoms with Crippen molar-refractivity contribution in [1.29, 1.82) is 0 Å². The topological polar surface area (TPSA) is 96.7 Å². The van der Waals surface area contributed by atoms with Crippen LogP contribution in [0.4, 0.5) is 5.69 Å². The van der Waals surface area contributed by atoms with Gasteiger partial charge in [-0.2, -0.15) is 10.2 Å². The molecule has 0 aliphatic rings. The van der Waals surface area contributed by atoms with Gasteiger partial charge in [-0.15, -0.1) is 0 Å². The van der Waals surface area contributed by atoms with Crippen LogP contribution in [0, 0.1) is 6.92 Å². The fourth-order valence-corrected chi connectivity index (χ4v) is 4.88. The number of para-hydroxylation sites is 1. The first kappa shape index (κ1) is 26.4. The number of amides is 1. The number of benzene rings is 3. The van der Waals surface area contributed by atoms with E-state index in [-0.39, 0.29) is 11.7 Å². The van der Waals surface area contributed by atoms with E-state index in [2.05, 4.69) is 15.6 Å². The predicted octanol–water partition coefficient (Wildman–Crippen LogP) is 5.22. The highest BCUT2D eigenvalue weighted by Gasteiger charge is 2.19. The van der Waals surface area contributed by atoms with E-state index in [1.54, 1.807) is 41.1 Å². The zero-order chi connectivity index (χ0) is 26.6. The van der Waals surface area contributed by atoms with Crippen molar-refractivity contribution in [1.82, 2.24) is 15.2 Å².